The van der Waals surface area contributed by atoms with Crippen LogP contribution >= 0.6 is 23.2 Å². The summed E-state index contributed by atoms with van der Waals surface area (Å²) in [5.74, 6) is -0.417. The molecule has 0 heterocycles. The zero-order chi connectivity index (χ0) is 11.5. The summed E-state index contributed by atoms with van der Waals surface area (Å²) in [6, 6.07) is 13.4. The van der Waals surface area contributed by atoms with Crippen molar-refractivity contribution < 1.29 is 4.79 Å². The third kappa shape index (κ3) is 2.29. The number of fused-ring (bicyclic) bond motifs is 1. The van der Waals surface area contributed by atoms with Gasteiger partial charge in [-0.1, -0.05) is 59.6 Å². The van der Waals surface area contributed by atoms with E-state index in [1.165, 1.54) is 0 Å². The highest BCUT2D eigenvalue weighted by atomic mass is 35.5. The van der Waals surface area contributed by atoms with Crippen LogP contribution in [0.15, 0.2) is 42.5 Å². The molecule has 0 radical (unpaired) electrons. The molecule has 0 atom stereocenters. The molecule has 0 aliphatic carbocycles. The molecule has 0 spiro atoms. The number of benzene rings is 2. The SMILES string of the molecule is O=C(Nc1cccc2ccccc12)C(Cl)Cl. The van der Waals surface area contributed by atoms with Crippen LogP contribution in [0.3, 0.4) is 0 Å². The number of halogens is 2. The van der Waals surface area contributed by atoms with Crippen molar-refractivity contribution in [2.24, 2.45) is 0 Å². The van der Waals surface area contributed by atoms with Gasteiger partial charge in [0, 0.05) is 11.1 Å². The Labute approximate surface area is 103 Å². The molecule has 16 heavy (non-hydrogen) atoms. The van der Waals surface area contributed by atoms with E-state index in [-0.39, 0.29) is 0 Å². The molecule has 4 heteroatoms. The first-order chi connectivity index (χ1) is 7.68. The van der Waals surface area contributed by atoms with Crippen molar-refractivity contribution in [3.8, 4) is 0 Å². The summed E-state index contributed by atoms with van der Waals surface area (Å²) in [6.45, 7) is 0. The van der Waals surface area contributed by atoms with Crippen molar-refractivity contribution in [1.82, 2.24) is 0 Å². The van der Waals surface area contributed by atoms with E-state index in [4.69, 9.17) is 23.2 Å². The van der Waals surface area contributed by atoms with E-state index in [9.17, 15) is 4.79 Å². The Bertz CT molecular complexity index is 520. The quantitative estimate of drug-likeness (QED) is 0.815. The van der Waals surface area contributed by atoms with Gasteiger partial charge in [0.2, 0.25) is 0 Å². The summed E-state index contributed by atoms with van der Waals surface area (Å²) in [7, 11) is 0. The van der Waals surface area contributed by atoms with Gasteiger partial charge in [-0.2, -0.15) is 0 Å². The molecule has 0 fully saturated rings. The molecule has 2 aromatic rings. The average molecular weight is 254 g/mol. The second-order valence-corrected chi connectivity index (χ2v) is 4.41. The molecule has 0 aliphatic heterocycles. The fourth-order valence-electron chi connectivity index (χ4n) is 1.52. The molecule has 2 rings (SSSR count). The van der Waals surface area contributed by atoms with E-state index in [1.54, 1.807) is 0 Å². The van der Waals surface area contributed by atoms with Gasteiger partial charge in [0.15, 0.2) is 4.84 Å². The first-order valence-electron chi connectivity index (χ1n) is 4.75. The molecule has 0 saturated heterocycles. The van der Waals surface area contributed by atoms with Gasteiger partial charge in [0.05, 0.1) is 0 Å². The van der Waals surface area contributed by atoms with Crippen molar-refractivity contribution in [3.05, 3.63) is 42.5 Å². The lowest BCUT2D eigenvalue weighted by molar-refractivity contribution is -0.114. The molecule has 0 bridgehead atoms. The Morgan fingerprint density at radius 1 is 1.06 bits per heavy atom. The lowest BCUT2D eigenvalue weighted by atomic mass is 10.1. The molecule has 82 valence electrons. The number of nitrogens with one attached hydrogen (secondary N) is 1. The van der Waals surface area contributed by atoms with Crippen LogP contribution in [-0.4, -0.2) is 10.7 Å². The van der Waals surface area contributed by atoms with Gasteiger partial charge in [0.25, 0.3) is 5.91 Å². The standard InChI is InChI=1S/C12H9Cl2NO/c13-11(14)12(16)15-10-7-3-5-8-4-1-2-6-9(8)10/h1-7,11H,(H,15,16). The van der Waals surface area contributed by atoms with Gasteiger partial charge in [-0.15, -0.1) is 0 Å². The smallest absolute Gasteiger partial charge is 0.257 e. The number of carbonyl (C=O) groups is 1. The van der Waals surface area contributed by atoms with Crippen LogP contribution in [0.2, 0.25) is 0 Å². The number of alkyl halides is 2. The van der Waals surface area contributed by atoms with Crippen molar-refractivity contribution in [3.63, 3.8) is 0 Å². The predicted octanol–water partition coefficient (Wildman–Crippen LogP) is 3.58. The lowest BCUT2D eigenvalue weighted by Gasteiger charge is -2.08. The maximum absolute atomic E-state index is 11.4. The molecule has 0 aliphatic rings. The average Bonchev–Trinajstić information content (AvgIpc) is 2.29. The van der Waals surface area contributed by atoms with E-state index < -0.39 is 10.7 Å². The zero-order valence-corrected chi connectivity index (χ0v) is 9.79. The zero-order valence-electron chi connectivity index (χ0n) is 8.28. The molecule has 1 N–H and O–H groups in total. The van der Waals surface area contributed by atoms with Crippen molar-refractivity contribution >= 4 is 45.6 Å². The van der Waals surface area contributed by atoms with E-state index >= 15 is 0 Å². The first kappa shape index (κ1) is 11.2. The highest BCUT2D eigenvalue weighted by Gasteiger charge is 2.12. The Kier molecular flexibility index (Phi) is 3.32. The number of anilines is 1. The number of carbonyl (C=O) groups excluding carboxylic acids is 1. The number of hydrogen-bond donors (Lipinski definition) is 1. The van der Waals surface area contributed by atoms with Crippen LogP contribution in [-0.2, 0) is 4.79 Å². The van der Waals surface area contributed by atoms with E-state index in [2.05, 4.69) is 5.32 Å². The maximum Gasteiger partial charge on any atom is 0.257 e. The Morgan fingerprint density at radius 2 is 1.75 bits per heavy atom. The molecule has 0 unspecified atom stereocenters. The van der Waals surface area contributed by atoms with Crippen LogP contribution in [0.1, 0.15) is 0 Å². The lowest BCUT2D eigenvalue weighted by Crippen LogP contribution is -2.18. The number of hydrogen-bond acceptors (Lipinski definition) is 1. The van der Waals surface area contributed by atoms with Crippen LogP contribution in [0.4, 0.5) is 5.69 Å². The summed E-state index contributed by atoms with van der Waals surface area (Å²) in [4.78, 5) is 10.3. The van der Waals surface area contributed by atoms with E-state index in [1.807, 2.05) is 42.5 Å². The molecule has 0 saturated carbocycles. The third-order valence-corrected chi connectivity index (χ3v) is 2.64. The fourth-order valence-corrected chi connectivity index (χ4v) is 1.63. The third-order valence-electron chi connectivity index (χ3n) is 2.25. The molecule has 2 aromatic carbocycles. The molecule has 2 nitrogen and oxygen atoms in total. The fraction of sp³-hybridized carbons (Fsp3) is 0.0833. The molecule has 1 amide bonds. The Balaban J connectivity index is 2.41. The van der Waals surface area contributed by atoms with Crippen LogP contribution < -0.4 is 5.32 Å². The summed E-state index contributed by atoms with van der Waals surface area (Å²) in [5.41, 5.74) is 0.717. The maximum atomic E-state index is 11.4. The minimum atomic E-state index is -1.06. The summed E-state index contributed by atoms with van der Waals surface area (Å²) >= 11 is 11.0. The van der Waals surface area contributed by atoms with Crippen molar-refractivity contribution in [2.75, 3.05) is 5.32 Å². The number of amides is 1. The van der Waals surface area contributed by atoms with Gasteiger partial charge in [-0.05, 0) is 11.5 Å². The Morgan fingerprint density at radius 3 is 2.50 bits per heavy atom. The summed E-state index contributed by atoms with van der Waals surface area (Å²) in [5, 5.41) is 4.70. The summed E-state index contributed by atoms with van der Waals surface area (Å²) < 4.78 is 0. The second kappa shape index (κ2) is 4.73. The highest BCUT2D eigenvalue weighted by Crippen LogP contribution is 2.23. The Hall–Kier alpha value is -1.25. The van der Waals surface area contributed by atoms with Crippen LogP contribution in [0.25, 0.3) is 10.8 Å². The van der Waals surface area contributed by atoms with Crippen molar-refractivity contribution in [1.29, 1.82) is 0 Å². The van der Waals surface area contributed by atoms with Gasteiger partial charge >= 0.3 is 0 Å². The normalized spacial score (nSPS) is 10.7. The second-order valence-electron chi connectivity index (χ2n) is 3.32. The van der Waals surface area contributed by atoms with E-state index in [0.717, 1.165) is 16.5 Å². The highest BCUT2D eigenvalue weighted by molar-refractivity contribution is 6.54. The van der Waals surface area contributed by atoms with Crippen molar-refractivity contribution in [2.45, 2.75) is 4.84 Å². The molecular formula is C12H9Cl2NO. The van der Waals surface area contributed by atoms with Crippen LogP contribution in [0, 0.1) is 0 Å². The topological polar surface area (TPSA) is 29.1 Å². The van der Waals surface area contributed by atoms with Gasteiger partial charge in [0.1, 0.15) is 0 Å². The first-order valence-corrected chi connectivity index (χ1v) is 5.62. The van der Waals surface area contributed by atoms with Gasteiger partial charge in [-0.25, -0.2) is 0 Å². The number of rotatable bonds is 2. The van der Waals surface area contributed by atoms with Crippen LogP contribution in [0.5, 0.6) is 0 Å². The van der Waals surface area contributed by atoms with Gasteiger partial charge in [-0.3, -0.25) is 4.79 Å². The minimum Gasteiger partial charge on any atom is -0.323 e. The molecule has 0 aromatic heterocycles. The molecular weight excluding hydrogens is 245 g/mol. The monoisotopic (exact) mass is 253 g/mol. The van der Waals surface area contributed by atoms with Gasteiger partial charge < -0.3 is 5.32 Å². The van der Waals surface area contributed by atoms with E-state index in [0.29, 0.717) is 0 Å². The summed E-state index contributed by atoms with van der Waals surface area (Å²) in [6.07, 6.45) is 0. The predicted molar refractivity (Wildman–Crippen MR) is 68.1 cm³/mol. The minimum absolute atomic E-state index is 0.417. The largest absolute Gasteiger partial charge is 0.323 e.